The normalized spacial score (nSPS) is 17.2. The molecule has 1 amide bonds. The number of pyridine rings is 1. The van der Waals surface area contributed by atoms with Crippen LogP contribution in [-0.4, -0.2) is 47.0 Å². The van der Waals surface area contributed by atoms with Crippen LogP contribution in [0.15, 0.2) is 28.5 Å². The van der Waals surface area contributed by atoms with Crippen molar-refractivity contribution >= 4 is 27.6 Å². The molecule has 1 fully saturated rings. The third-order valence-corrected chi connectivity index (χ3v) is 4.34. The van der Waals surface area contributed by atoms with Gasteiger partial charge < -0.3 is 10.0 Å². The second-order valence-corrected chi connectivity index (χ2v) is 6.23. The minimum absolute atomic E-state index is 0. The van der Waals surface area contributed by atoms with Crippen LogP contribution in [0.1, 0.15) is 32.3 Å². The Balaban J connectivity index is 0.00000264. The van der Waals surface area contributed by atoms with E-state index in [-0.39, 0.29) is 41.2 Å². The molecule has 1 aromatic rings. The van der Waals surface area contributed by atoms with Crippen LogP contribution in [0.2, 0.25) is 0 Å². The van der Waals surface area contributed by atoms with Gasteiger partial charge in [-0.1, -0.05) is 19.6 Å². The van der Waals surface area contributed by atoms with Crippen LogP contribution >= 0.6 is 15.9 Å². The van der Waals surface area contributed by atoms with Gasteiger partial charge in [0.05, 0.1) is 6.67 Å². The number of hydrogen-bond donors (Lipinski definition) is 0. The summed E-state index contributed by atoms with van der Waals surface area (Å²) in [6, 6.07) is 1.71. The zero-order chi connectivity index (χ0) is 16.1. The van der Waals surface area contributed by atoms with Crippen molar-refractivity contribution in [2.45, 2.75) is 26.7 Å². The molecular formula is C16H21BrN3NaO2. The third-order valence-electron chi connectivity index (χ3n) is 3.91. The number of halogens is 1. The summed E-state index contributed by atoms with van der Waals surface area (Å²) in [5, 5.41) is 12.6. The number of piperidine rings is 1. The van der Waals surface area contributed by atoms with Crippen LogP contribution in [0.3, 0.4) is 0 Å². The summed E-state index contributed by atoms with van der Waals surface area (Å²) in [5.41, 5.74) is 0.834. The first-order chi connectivity index (χ1) is 10.6. The Morgan fingerprint density at radius 2 is 2.09 bits per heavy atom. The molecule has 0 radical (unpaired) electrons. The van der Waals surface area contributed by atoms with E-state index < -0.39 is 0 Å². The molecule has 120 valence electrons. The molecule has 1 aliphatic rings. The first kappa shape index (κ1) is 20.6. The zero-order valence-electron chi connectivity index (χ0n) is 14.0. The van der Waals surface area contributed by atoms with Crippen LogP contribution in [0.25, 0.3) is 5.76 Å². The van der Waals surface area contributed by atoms with E-state index in [0.29, 0.717) is 30.8 Å². The Bertz CT molecular complexity index is 576. The number of amides is 1. The number of rotatable bonds is 5. The zero-order valence-corrected chi connectivity index (χ0v) is 17.6. The van der Waals surface area contributed by atoms with E-state index >= 15 is 0 Å². The van der Waals surface area contributed by atoms with E-state index in [9.17, 15) is 9.90 Å². The van der Waals surface area contributed by atoms with Crippen LogP contribution in [0, 0.1) is 0 Å². The molecule has 0 spiro atoms. The third kappa shape index (κ3) is 5.29. The SMILES string of the molecule is CCN(CC)CN1CCC/C(=C(\[O-])c2cncc(Br)c2)C1=O.[Na+]. The van der Waals surface area contributed by atoms with Gasteiger partial charge in [0.15, 0.2) is 0 Å². The Labute approximate surface area is 168 Å². The standard InChI is InChI=1S/C16H22BrN3O2.Na/c1-3-19(4-2)11-20-7-5-6-14(16(20)22)15(21)12-8-13(17)10-18-9-12;/h8-10,21H,3-7,11H2,1-2H3;/q;+1/p-1/b15-14+;. The van der Waals surface area contributed by atoms with Crippen LogP contribution in [0.5, 0.6) is 0 Å². The summed E-state index contributed by atoms with van der Waals surface area (Å²) in [7, 11) is 0. The maximum atomic E-state index is 12.6. The van der Waals surface area contributed by atoms with Gasteiger partial charge in [-0.3, -0.25) is 14.7 Å². The van der Waals surface area contributed by atoms with Crippen LogP contribution < -0.4 is 34.7 Å². The molecule has 0 aromatic carbocycles. The molecule has 5 nitrogen and oxygen atoms in total. The molecule has 23 heavy (non-hydrogen) atoms. The number of carbonyl (C=O) groups is 1. The van der Waals surface area contributed by atoms with Crippen molar-refractivity contribution in [1.82, 2.24) is 14.8 Å². The second-order valence-electron chi connectivity index (χ2n) is 5.32. The fourth-order valence-electron chi connectivity index (χ4n) is 2.57. The average molecular weight is 390 g/mol. The summed E-state index contributed by atoms with van der Waals surface area (Å²) < 4.78 is 0.738. The van der Waals surface area contributed by atoms with Crippen molar-refractivity contribution in [3.63, 3.8) is 0 Å². The van der Waals surface area contributed by atoms with Gasteiger partial charge in [-0.15, -0.1) is 0 Å². The van der Waals surface area contributed by atoms with Crippen molar-refractivity contribution in [2.75, 3.05) is 26.3 Å². The number of carbonyl (C=O) groups excluding carboxylic acids is 1. The second kappa shape index (κ2) is 9.79. The summed E-state index contributed by atoms with van der Waals surface area (Å²) in [4.78, 5) is 20.6. The molecule has 0 N–H and O–H groups in total. The molecule has 1 saturated heterocycles. The van der Waals surface area contributed by atoms with Crippen molar-refractivity contribution in [3.05, 3.63) is 34.1 Å². The summed E-state index contributed by atoms with van der Waals surface area (Å²) in [5.74, 6) is -0.342. The van der Waals surface area contributed by atoms with Gasteiger partial charge in [0.2, 0.25) is 5.91 Å². The Morgan fingerprint density at radius 1 is 1.39 bits per heavy atom. The molecule has 0 unspecified atom stereocenters. The fourth-order valence-corrected chi connectivity index (χ4v) is 2.93. The molecule has 0 bridgehead atoms. The van der Waals surface area contributed by atoms with Crippen molar-refractivity contribution in [3.8, 4) is 0 Å². The molecule has 7 heteroatoms. The van der Waals surface area contributed by atoms with Gasteiger partial charge >= 0.3 is 29.6 Å². The quantitative estimate of drug-likeness (QED) is 0.362. The maximum Gasteiger partial charge on any atom is 1.00 e. The van der Waals surface area contributed by atoms with E-state index in [4.69, 9.17) is 0 Å². The fraction of sp³-hybridized carbons (Fsp3) is 0.500. The summed E-state index contributed by atoms with van der Waals surface area (Å²) in [6.07, 6.45) is 4.50. The van der Waals surface area contributed by atoms with Gasteiger partial charge in [-0.25, -0.2) is 0 Å². The Morgan fingerprint density at radius 3 is 2.70 bits per heavy atom. The predicted molar refractivity (Wildman–Crippen MR) is 87.6 cm³/mol. The number of hydrogen-bond acceptors (Lipinski definition) is 4. The van der Waals surface area contributed by atoms with E-state index in [1.54, 1.807) is 17.2 Å². The van der Waals surface area contributed by atoms with Crippen molar-refractivity contribution in [2.24, 2.45) is 0 Å². The number of nitrogens with zero attached hydrogens (tertiary/aromatic N) is 3. The molecule has 2 rings (SSSR count). The minimum atomic E-state index is -0.206. The topological polar surface area (TPSA) is 59.5 Å². The van der Waals surface area contributed by atoms with Gasteiger partial charge in [0, 0.05) is 29.0 Å². The van der Waals surface area contributed by atoms with E-state index in [1.807, 2.05) is 0 Å². The van der Waals surface area contributed by atoms with Gasteiger partial charge in [0.1, 0.15) is 0 Å². The Kier molecular flexibility index (Phi) is 8.79. The summed E-state index contributed by atoms with van der Waals surface area (Å²) in [6.45, 7) is 7.21. The largest absolute Gasteiger partial charge is 1.00 e. The van der Waals surface area contributed by atoms with E-state index in [2.05, 4.69) is 39.7 Å². The molecule has 2 heterocycles. The van der Waals surface area contributed by atoms with Crippen molar-refractivity contribution < 1.29 is 39.5 Å². The first-order valence-electron chi connectivity index (χ1n) is 7.59. The average Bonchev–Trinajstić information content (AvgIpc) is 2.53. The van der Waals surface area contributed by atoms with E-state index in [1.165, 1.54) is 6.20 Å². The van der Waals surface area contributed by atoms with Gasteiger partial charge in [0.25, 0.3) is 0 Å². The predicted octanol–water partition coefficient (Wildman–Crippen LogP) is -1.16. The molecule has 0 saturated carbocycles. The number of aromatic nitrogens is 1. The minimum Gasteiger partial charge on any atom is -0.872 e. The van der Waals surface area contributed by atoms with Gasteiger partial charge in [-0.05, 0) is 53.5 Å². The smallest absolute Gasteiger partial charge is 0.872 e. The summed E-state index contributed by atoms with van der Waals surface area (Å²) >= 11 is 3.31. The molecule has 1 aliphatic heterocycles. The van der Waals surface area contributed by atoms with Gasteiger partial charge in [-0.2, -0.15) is 0 Å². The van der Waals surface area contributed by atoms with E-state index in [0.717, 1.165) is 24.0 Å². The first-order valence-corrected chi connectivity index (χ1v) is 8.38. The maximum absolute atomic E-state index is 12.6. The molecule has 0 atom stereocenters. The monoisotopic (exact) mass is 389 g/mol. The number of likely N-dealkylation sites (tertiary alicyclic amines) is 1. The molecule has 0 aliphatic carbocycles. The Hall–Kier alpha value is -0.400. The molecular weight excluding hydrogens is 369 g/mol. The molecule has 1 aromatic heterocycles. The van der Waals surface area contributed by atoms with Crippen LogP contribution in [-0.2, 0) is 4.79 Å². The van der Waals surface area contributed by atoms with Crippen LogP contribution in [0.4, 0.5) is 0 Å². The van der Waals surface area contributed by atoms with Crippen molar-refractivity contribution in [1.29, 1.82) is 0 Å².